The predicted octanol–water partition coefficient (Wildman–Crippen LogP) is 4.81. The quantitative estimate of drug-likeness (QED) is 0.586. The average molecular weight is 396 g/mol. The van der Waals surface area contributed by atoms with E-state index in [-0.39, 0.29) is 5.91 Å². The van der Waals surface area contributed by atoms with Gasteiger partial charge in [0.05, 0.1) is 17.6 Å². The van der Waals surface area contributed by atoms with E-state index in [9.17, 15) is 4.79 Å². The molecule has 0 bridgehead atoms. The number of hydrogen-bond donors (Lipinski definition) is 2. The first kappa shape index (κ1) is 18.7. The fraction of sp³-hybridized carbons (Fsp3) is 0.381. The lowest BCUT2D eigenvalue weighted by atomic mass is 9.87. The number of nitrogens with zero attached hydrogens (tertiary/aromatic N) is 3. The molecule has 1 amide bonds. The average Bonchev–Trinajstić information content (AvgIpc) is 3.41. The molecule has 0 atom stereocenters. The van der Waals surface area contributed by atoms with Crippen molar-refractivity contribution >= 4 is 28.6 Å². The maximum Gasteiger partial charge on any atom is 0.277 e. The van der Waals surface area contributed by atoms with E-state index in [1.54, 1.807) is 22.2 Å². The summed E-state index contributed by atoms with van der Waals surface area (Å²) in [5.74, 6) is 0.481. The smallest absolute Gasteiger partial charge is 0.277 e. The molecule has 1 aliphatic carbocycles. The van der Waals surface area contributed by atoms with Gasteiger partial charge in [0, 0.05) is 11.4 Å². The molecule has 4 rings (SSSR count). The molecule has 146 valence electrons. The molecule has 1 aliphatic rings. The Balaban J connectivity index is 1.40. The van der Waals surface area contributed by atoms with Crippen molar-refractivity contribution in [3.8, 4) is 10.4 Å². The number of rotatable bonds is 6. The minimum Gasteiger partial charge on any atom is -0.397 e. The van der Waals surface area contributed by atoms with Gasteiger partial charge in [0.1, 0.15) is 0 Å². The van der Waals surface area contributed by atoms with Gasteiger partial charge in [-0.15, -0.1) is 16.4 Å². The molecule has 3 aromatic rings. The van der Waals surface area contributed by atoms with E-state index in [2.05, 4.69) is 15.6 Å². The first-order valence-electron chi connectivity index (χ1n) is 9.84. The molecule has 7 heteroatoms. The Morgan fingerprint density at radius 1 is 1.25 bits per heavy atom. The second-order valence-corrected chi connectivity index (χ2v) is 8.34. The third kappa shape index (κ3) is 4.42. The second-order valence-electron chi connectivity index (χ2n) is 7.39. The third-order valence-electron chi connectivity index (χ3n) is 5.37. The molecule has 2 heterocycles. The van der Waals surface area contributed by atoms with Crippen LogP contribution in [0.15, 0.2) is 41.9 Å². The molecule has 1 saturated carbocycles. The lowest BCUT2D eigenvalue weighted by Gasteiger charge is -2.20. The van der Waals surface area contributed by atoms with Crippen LogP contribution in [0, 0.1) is 5.92 Å². The molecule has 0 spiro atoms. The zero-order valence-electron chi connectivity index (χ0n) is 15.8. The van der Waals surface area contributed by atoms with Crippen LogP contribution in [0.2, 0.25) is 0 Å². The summed E-state index contributed by atoms with van der Waals surface area (Å²) in [4.78, 5) is 13.7. The van der Waals surface area contributed by atoms with E-state index in [1.165, 1.54) is 32.1 Å². The third-order valence-corrected chi connectivity index (χ3v) is 6.29. The number of nitrogens with one attached hydrogen (secondary N) is 1. The first-order chi connectivity index (χ1) is 13.7. The van der Waals surface area contributed by atoms with Crippen molar-refractivity contribution in [2.45, 2.75) is 45.1 Å². The predicted molar refractivity (Wildman–Crippen MR) is 113 cm³/mol. The van der Waals surface area contributed by atoms with Gasteiger partial charge in [-0.25, -0.2) is 0 Å². The van der Waals surface area contributed by atoms with Gasteiger partial charge in [-0.2, -0.15) is 0 Å². The second kappa shape index (κ2) is 8.56. The van der Waals surface area contributed by atoms with Gasteiger partial charge in [0.25, 0.3) is 5.91 Å². The summed E-state index contributed by atoms with van der Waals surface area (Å²) in [5.41, 5.74) is 8.50. The van der Waals surface area contributed by atoms with Gasteiger partial charge in [0.2, 0.25) is 0 Å². The number of carbonyl (C=O) groups excluding carboxylic acids is 1. The topological polar surface area (TPSA) is 85.8 Å². The molecule has 1 fully saturated rings. The van der Waals surface area contributed by atoms with Gasteiger partial charge in [-0.3, -0.25) is 9.48 Å². The van der Waals surface area contributed by atoms with Gasteiger partial charge < -0.3 is 11.1 Å². The molecule has 0 aliphatic heterocycles. The van der Waals surface area contributed by atoms with E-state index in [1.807, 2.05) is 35.7 Å². The summed E-state index contributed by atoms with van der Waals surface area (Å²) in [7, 11) is 0. The zero-order chi connectivity index (χ0) is 19.3. The highest BCUT2D eigenvalue weighted by Gasteiger charge is 2.16. The van der Waals surface area contributed by atoms with Crippen molar-refractivity contribution in [1.29, 1.82) is 0 Å². The van der Waals surface area contributed by atoms with E-state index in [4.69, 9.17) is 5.73 Å². The van der Waals surface area contributed by atoms with Crippen LogP contribution in [0.3, 0.4) is 0 Å². The van der Waals surface area contributed by atoms with Crippen LogP contribution >= 0.6 is 11.3 Å². The minimum absolute atomic E-state index is 0.293. The Bertz CT molecular complexity index is 928. The standard InChI is InChI=1S/C21H25N5OS/c22-17-9-8-16(20-7-4-12-28-20)13-18(17)23-21(27)19-14-26(25-24-19)11-10-15-5-2-1-3-6-15/h4,7-9,12-15H,1-3,5-6,10-11,22H2,(H,23,27). The first-order valence-corrected chi connectivity index (χ1v) is 10.7. The van der Waals surface area contributed by atoms with Gasteiger partial charge >= 0.3 is 0 Å². The summed E-state index contributed by atoms with van der Waals surface area (Å²) in [6.45, 7) is 0.806. The number of thiophene rings is 1. The molecule has 0 saturated heterocycles. The lowest BCUT2D eigenvalue weighted by molar-refractivity contribution is 0.102. The number of benzene rings is 1. The number of aromatic nitrogens is 3. The van der Waals surface area contributed by atoms with Gasteiger partial charge in [-0.05, 0) is 41.5 Å². The van der Waals surface area contributed by atoms with Crippen LogP contribution in [0.25, 0.3) is 10.4 Å². The fourth-order valence-electron chi connectivity index (χ4n) is 3.75. The van der Waals surface area contributed by atoms with E-state index < -0.39 is 0 Å². The Morgan fingerprint density at radius 3 is 2.89 bits per heavy atom. The fourth-order valence-corrected chi connectivity index (χ4v) is 4.47. The van der Waals surface area contributed by atoms with Crippen molar-refractivity contribution < 1.29 is 4.79 Å². The van der Waals surface area contributed by atoms with Gasteiger partial charge in [-0.1, -0.05) is 49.5 Å². The highest BCUT2D eigenvalue weighted by Crippen LogP contribution is 2.30. The summed E-state index contributed by atoms with van der Waals surface area (Å²) < 4.78 is 1.77. The summed E-state index contributed by atoms with van der Waals surface area (Å²) >= 11 is 1.65. The van der Waals surface area contributed by atoms with Gasteiger partial charge in [0.15, 0.2) is 5.69 Å². The maximum absolute atomic E-state index is 12.6. The normalized spacial score (nSPS) is 14.9. The van der Waals surface area contributed by atoms with Crippen LogP contribution < -0.4 is 11.1 Å². The lowest BCUT2D eigenvalue weighted by Crippen LogP contribution is -2.14. The Labute approximate surface area is 168 Å². The number of nitrogen functional groups attached to an aromatic ring is 1. The Hall–Kier alpha value is -2.67. The summed E-state index contributed by atoms with van der Waals surface area (Å²) in [5, 5.41) is 13.1. The monoisotopic (exact) mass is 395 g/mol. The van der Waals surface area contributed by atoms with E-state index in [0.717, 1.165) is 29.3 Å². The molecular formula is C21H25N5OS. The van der Waals surface area contributed by atoms with E-state index in [0.29, 0.717) is 17.1 Å². The molecule has 3 N–H and O–H groups in total. The summed E-state index contributed by atoms with van der Waals surface area (Å²) in [6, 6.07) is 9.70. The molecule has 28 heavy (non-hydrogen) atoms. The van der Waals surface area contributed by atoms with Crippen LogP contribution in [0.1, 0.15) is 49.0 Å². The van der Waals surface area contributed by atoms with Crippen molar-refractivity contribution in [2.75, 3.05) is 11.1 Å². The molecule has 6 nitrogen and oxygen atoms in total. The van der Waals surface area contributed by atoms with E-state index >= 15 is 0 Å². The van der Waals surface area contributed by atoms with Crippen LogP contribution in [-0.4, -0.2) is 20.9 Å². The maximum atomic E-state index is 12.6. The highest BCUT2D eigenvalue weighted by atomic mass is 32.1. The Kier molecular flexibility index (Phi) is 5.71. The van der Waals surface area contributed by atoms with Crippen LogP contribution in [0.5, 0.6) is 0 Å². The number of hydrogen-bond acceptors (Lipinski definition) is 5. The molecule has 0 unspecified atom stereocenters. The number of amides is 1. The molecule has 2 aromatic heterocycles. The Morgan fingerprint density at radius 2 is 2.11 bits per heavy atom. The van der Waals surface area contributed by atoms with Crippen LogP contribution in [0.4, 0.5) is 11.4 Å². The minimum atomic E-state index is -0.293. The van der Waals surface area contributed by atoms with Crippen molar-refractivity contribution in [2.24, 2.45) is 5.92 Å². The zero-order valence-corrected chi connectivity index (χ0v) is 16.6. The highest BCUT2D eigenvalue weighted by molar-refractivity contribution is 7.13. The largest absolute Gasteiger partial charge is 0.397 e. The molecular weight excluding hydrogens is 370 g/mol. The van der Waals surface area contributed by atoms with Crippen molar-refractivity contribution in [3.63, 3.8) is 0 Å². The summed E-state index contributed by atoms with van der Waals surface area (Å²) in [6.07, 6.45) is 9.46. The number of aryl methyl sites for hydroxylation is 1. The number of nitrogens with two attached hydrogens (primary N) is 1. The molecule has 0 radical (unpaired) electrons. The number of carbonyl (C=O) groups is 1. The van der Waals surface area contributed by atoms with Crippen molar-refractivity contribution in [1.82, 2.24) is 15.0 Å². The van der Waals surface area contributed by atoms with Crippen molar-refractivity contribution in [3.05, 3.63) is 47.6 Å². The number of anilines is 2. The molecule has 1 aromatic carbocycles. The SMILES string of the molecule is Nc1ccc(-c2cccs2)cc1NC(=O)c1cn(CCC2CCCCC2)nn1. The van der Waals surface area contributed by atoms with Crippen LogP contribution in [-0.2, 0) is 6.54 Å².